The van der Waals surface area contributed by atoms with E-state index in [4.69, 9.17) is 4.74 Å². The maximum absolute atomic E-state index is 13.1. The van der Waals surface area contributed by atoms with Gasteiger partial charge in [-0.05, 0) is 41.5 Å². The van der Waals surface area contributed by atoms with Gasteiger partial charge in [0.25, 0.3) is 15.9 Å². The maximum atomic E-state index is 13.1. The molecule has 12 heteroatoms. The Morgan fingerprint density at radius 3 is 2.19 bits per heavy atom. The Balaban J connectivity index is 1.55. The smallest absolute Gasteiger partial charge is 0.449 e. The van der Waals surface area contributed by atoms with Crippen molar-refractivity contribution in [1.82, 2.24) is 9.97 Å². The summed E-state index contributed by atoms with van der Waals surface area (Å²) in [6.45, 7) is 0. The number of sulfonamides is 1. The van der Waals surface area contributed by atoms with E-state index in [1.54, 1.807) is 24.3 Å². The number of alkyl halides is 3. The molecule has 8 nitrogen and oxygen atoms in total. The molecule has 0 aliphatic heterocycles. The van der Waals surface area contributed by atoms with Gasteiger partial charge in [-0.3, -0.25) is 9.52 Å². The number of ether oxygens (including phenoxy) is 1. The second-order valence-corrected chi connectivity index (χ2v) is 9.16. The summed E-state index contributed by atoms with van der Waals surface area (Å²) >= 11 is 0. The quantitative estimate of drug-likeness (QED) is 0.314. The summed E-state index contributed by atoms with van der Waals surface area (Å²) in [7, 11) is -2.88. The average Bonchev–Trinajstić information content (AvgIpc) is 3.36. The van der Waals surface area contributed by atoms with Crippen molar-refractivity contribution in [2.45, 2.75) is 11.1 Å². The minimum absolute atomic E-state index is 0.00213. The first-order valence-electron chi connectivity index (χ1n) is 10.4. The number of nitrogens with one attached hydrogen (secondary N) is 3. The van der Waals surface area contributed by atoms with Gasteiger partial charge < -0.3 is 15.0 Å². The topological polar surface area (TPSA) is 113 Å². The third-order valence-corrected chi connectivity index (χ3v) is 6.45. The molecule has 186 valence electrons. The first kappa shape index (κ1) is 24.8. The Hall–Kier alpha value is -4.32. The van der Waals surface area contributed by atoms with Crippen LogP contribution in [0.4, 0.5) is 24.5 Å². The number of hydrogen-bond donors (Lipinski definition) is 3. The first-order chi connectivity index (χ1) is 17.1. The fraction of sp³-hybridized carbons (Fsp3) is 0.0833. The van der Waals surface area contributed by atoms with Crippen LogP contribution in [-0.4, -0.2) is 31.4 Å². The van der Waals surface area contributed by atoms with Gasteiger partial charge >= 0.3 is 6.18 Å². The summed E-state index contributed by atoms with van der Waals surface area (Å²) in [6.07, 6.45) is -4.01. The molecule has 0 atom stereocenters. The monoisotopic (exact) mass is 516 g/mol. The fourth-order valence-electron chi connectivity index (χ4n) is 3.32. The highest BCUT2D eigenvalue weighted by molar-refractivity contribution is 7.92. The van der Waals surface area contributed by atoms with E-state index in [0.717, 1.165) is 23.4 Å². The van der Waals surface area contributed by atoms with Crippen LogP contribution in [0.2, 0.25) is 0 Å². The van der Waals surface area contributed by atoms with E-state index in [2.05, 4.69) is 15.0 Å². The molecule has 36 heavy (non-hydrogen) atoms. The lowest BCUT2D eigenvalue weighted by Gasteiger charge is -2.14. The maximum Gasteiger partial charge on any atom is 0.449 e. The van der Waals surface area contributed by atoms with E-state index in [9.17, 15) is 26.4 Å². The zero-order valence-corrected chi connectivity index (χ0v) is 19.4. The van der Waals surface area contributed by atoms with Crippen LogP contribution >= 0.6 is 0 Å². The number of imidazole rings is 1. The van der Waals surface area contributed by atoms with Gasteiger partial charge in [0.2, 0.25) is 5.82 Å². The third-order valence-electron chi connectivity index (χ3n) is 5.04. The third kappa shape index (κ3) is 5.49. The highest BCUT2D eigenvalue weighted by Gasteiger charge is 2.35. The van der Waals surface area contributed by atoms with Crippen molar-refractivity contribution >= 4 is 27.3 Å². The molecule has 3 N–H and O–H groups in total. The predicted molar refractivity (Wildman–Crippen MR) is 127 cm³/mol. The number of methoxy groups -OCH3 is 1. The van der Waals surface area contributed by atoms with Gasteiger partial charge in [-0.2, -0.15) is 13.2 Å². The van der Waals surface area contributed by atoms with Gasteiger partial charge in [-0.1, -0.05) is 42.5 Å². The van der Waals surface area contributed by atoms with Crippen LogP contribution in [-0.2, 0) is 16.2 Å². The van der Waals surface area contributed by atoms with Gasteiger partial charge in [0.1, 0.15) is 16.3 Å². The van der Waals surface area contributed by atoms with Crippen molar-refractivity contribution in [3.05, 3.63) is 90.5 Å². The fourth-order valence-corrected chi connectivity index (χ4v) is 4.57. The minimum Gasteiger partial charge on any atom is -0.495 e. The number of anilines is 2. The molecule has 1 amide bonds. The second-order valence-electron chi connectivity index (χ2n) is 7.51. The van der Waals surface area contributed by atoms with E-state index < -0.39 is 33.6 Å². The zero-order valence-electron chi connectivity index (χ0n) is 18.6. The Morgan fingerprint density at radius 1 is 0.944 bits per heavy atom. The molecule has 4 aromatic rings. The van der Waals surface area contributed by atoms with Crippen molar-refractivity contribution in [1.29, 1.82) is 0 Å². The van der Waals surface area contributed by atoms with Gasteiger partial charge in [-0.15, -0.1) is 0 Å². The summed E-state index contributed by atoms with van der Waals surface area (Å²) in [6, 6.07) is 20.1. The van der Waals surface area contributed by atoms with E-state index in [-0.39, 0.29) is 16.3 Å². The Labute approximate surface area is 204 Å². The second kappa shape index (κ2) is 9.74. The predicted octanol–water partition coefficient (Wildman–Crippen LogP) is 5.16. The van der Waals surface area contributed by atoms with Crippen molar-refractivity contribution in [3.8, 4) is 16.9 Å². The standard InChI is InChI=1S/C24H19F3N4O4S/c1-35-20-12-11-18(29-22(32)19-14-28-23(30-19)24(25,26)27)13-21(20)36(33,34)31-17-9-7-16(8-10-17)15-5-3-2-4-6-15/h2-14,31H,1H3,(H,28,30)(H,29,32). The Morgan fingerprint density at radius 2 is 1.58 bits per heavy atom. The lowest BCUT2D eigenvalue weighted by molar-refractivity contribution is -0.144. The van der Waals surface area contributed by atoms with E-state index in [1.807, 2.05) is 35.3 Å². The molecule has 0 fully saturated rings. The molecule has 0 aliphatic carbocycles. The number of H-pyrrole nitrogens is 1. The van der Waals surface area contributed by atoms with Crippen LogP contribution < -0.4 is 14.8 Å². The van der Waals surface area contributed by atoms with Crippen molar-refractivity contribution in [3.63, 3.8) is 0 Å². The number of nitrogens with zero attached hydrogens (tertiary/aromatic N) is 1. The van der Waals surface area contributed by atoms with E-state index >= 15 is 0 Å². The minimum atomic E-state index is -4.75. The molecule has 0 spiro atoms. The van der Waals surface area contributed by atoms with Crippen molar-refractivity contribution in [2.75, 3.05) is 17.1 Å². The molecule has 1 heterocycles. The highest BCUT2D eigenvalue weighted by atomic mass is 32.2. The van der Waals surface area contributed by atoms with Crippen molar-refractivity contribution < 1.29 is 31.1 Å². The van der Waals surface area contributed by atoms with Crippen LogP contribution in [0.3, 0.4) is 0 Å². The zero-order chi connectivity index (χ0) is 25.9. The van der Waals surface area contributed by atoms with Crippen LogP contribution in [0.5, 0.6) is 5.75 Å². The van der Waals surface area contributed by atoms with Crippen LogP contribution in [0, 0.1) is 0 Å². The SMILES string of the molecule is COc1ccc(NC(=O)c2cnc(C(F)(F)F)[nH]2)cc1S(=O)(=O)Nc1ccc(-c2ccccc2)cc1. The molecule has 1 aromatic heterocycles. The van der Waals surface area contributed by atoms with E-state index in [1.165, 1.54) is 19.2 Å². The highest BCUT2D eigenvalue weighted by Crippen LogP contribution is 2.30. The molecular formula is C24H19F3N4O4S. The number of aromatic nitrogens is 2. The number of amides is 1. The summed E-state index contributed by atoms with van der Waals surface area (Å²) in [5, 5.41) is 2.35. The number of benzene rings is 3. The number of carbonyl (C=O) groups is 1. The summed E-state index contributed by atoms with van der Waals surface area (Å²) in [5.74, 6) is -2.26. The summed E-state index contributed by atoms with van der Waals surface area (Å²) in [4.78, 5) is 17.1. The molecule has 0 saturated heterocycles. The molecule has 0 saturated carbocycles. The van der Waals surface area contributed by atoms with Gasteiger partial charge in [-0.25, -0.2) is 13.4 Å². The average molecular weight is 517 g/mol. The molecule has 3 aromatic carbocycles. The summed E-state index contributed by atoms with van der Waals surface area (Å²) in [5.41, 5.74) is 1.73. The number of halogens is 3. The lowest BCUT2D eigenvalue weighted by Crippen LogP contribution is -2.16. The van der Waals surface area contributed by atoms with Crippen LogP contribution in [0.15, 0.2) is 83.9 Å². The number of hydrogen-bond acceptors (Lipinski definition) is 5. The lowest BCUT2D eigenvalue weighted by atomic mass is 10.1. The first-order valence-corrected chi connectivity index (χ1v) is 11.8. The molecule has 0 aliphatic rings. The summed E-state index contributed by atoms with van der Waals surface area (Å²) < 4.78 is 72.0. The number of aromatic amines is 1. The van der Waals surface area contributed by atoms with Gasteiger partial charge in [0.05, 0.1) is 13.3 Å². The normalized spacial score (nSPS) is 11.7. The Kier molecular flexibility index (Phi) is 6.71. The van der Waals surface area contributed by atoms with Crippen molar-refractivity contribution in [2.24, 2.45) is 0 Å². The van der Waals surface area contributed by atoms with Crippen LogP contribution in [0.1, 0.15) is 16.3 Å². The molecular weight excluding hydrogens is 497 g/mol. The van der Waals surface area contributed by atoms with Crippen LogP contribution in [0.25, 0.3) is 11.1 Å². The number of rotatable bonds is 7. The number of carbonyl (C=O) groups excluding carboxylic acids is 1. The molecule has 0 radical (unpaired) electrons. The van der Waals surface area contributed by atoms with Gasteiger partial charge in [0, 0.05) is 11.4 Å². The Bertz CT molecular complexity index is 1490. The molecule has 0 unspecified atom stereocenters. The molecule has 4 rings (SSSR count). The van der Waals surface area contributed by atoms with E-state index in [0.29, 0.717) is 5.69 Å². The molecule has 0 bridgehead atoms. The van der Waals surface area contributed by atoms with Gasteiger partial charge in [0.15, 0.2) is 0 Å². The largest absolute Gasteiger partial charge is 0.495 e.